The van der Waals surface area contributed by atoms with Gasteiger partial charge < -0.3 is 4.57 Å². The second-order valence-electron chi connectivity index (χ2n) is 7.14. The molecule has 3 aromatic rings. The Morgan fingerprint density at radius 1 is 1.17 bits per heavy atom. The first-order chi connectivity index (χ1) is 13.7. The molecule has 0 aliphatic rings. The van der Waals surface area contributed by atoms with E-state index in [4.69, 9.17) is 0 Å². The van der Waals surface area contributed by atoms with Gasteiger partial charge in [0.15, 0.2) is 14.6 Å². The predicted molar refractivity (Wildman–Crippen MR) is 113 cm³/mol. The maximum atomic E-state index is 13.0. The van der Waals surface area contributed by atoms with Crippen LogP contribution in [-0.4, -0.2) is 24.6 Å². The van der Waals surface area contributed by atoms with Crippen molar-refractivity contribution in [2.75, 3.05) is 5.75 Å². The second kappa shape index (κ2) is 8.59. The quantitative estimate of drug-likeness (QED) is 0.544. The van der Waals surface area contributed by atoms with Crippen molar-refractivity contribution in [2.45, 2.75) is 44.6 Å². The third kappa shape index (κ3) is 4.82. The van der Waals surface area contributed by atoms with Gasteiger partial charge in [0, 0.05) is 6.54 Å². The Morgan fingerprint density at radius 3 is 2.48 bits per heavy atom. The van der Waals surface area contributed by atoms with E-state index in [0.717, 1.165) is 40.9 Å². The number of carbonyl (C=O) groups is 1. The number of hydrogen-bond donors (Lipinski definition) is 0. The van der Waals surface area contributed by atoms with Crippen molar-refractivity contribution in [1.29, 1.82) is 0 Å². The number of sulfone groups is 1. The summed E-state index contributed by atoms with van der Waals surface area (Å²) in [6.07, 6.45) is 0.854. The van der Waals surface area contributed by atoms with Crippen molar-refractivity contribution in [3.8, 4) is 0 Å². The van der Waals surface area contributed by atoms with Crippen molar-refractivity contribution in [1.82, 2.24) is 4.57 Å². The molecule has 0 fully saturated rings. The third-order valence-electron chi connectivity index (χ3n) is 4.53. The molecule has 2 aromatic carbocycles. The lowest BCUT2D eigenvalue weighted by molar-refractivity contribution is -0.115. The number of benzene rings is 2. The molecule has 0 saturated carbocycles. The number of carbonyl (C=O) groups excluding carboxylic acids is 1. The lowest BCUT2D eigenvalue weighted by Crippen LogP contribution is -2.21. The normalized spacial score (nSPS) is 12.8. The van der Waals surface area contributed by atoms with Gasteiger partial charge in [-0.25, -0.2) is 12.8 Å². The van der Waals surface area contributed by atoms with Gasteiger partial charge in [-0.1, -0.05) is 38.2 Å². The van der Waals surface area contributed by atoms with Gasteiger partial charge in [-0.2, -0.15) is 4.99 Å². The van der Waals surface area contributed by atoms with Gasteiger partial charge in [-0.15, -0.1) is 0 Å². The van der Waals surface area contributed by atoms with Crippen LogP contribution in [0.2, 0.25) is 0 Å². The summed E-state index contributed by atoms with van der Waals surface area (Å²) in [7, 11) is -3.88. The van der Waals surface area contributed by atoms with Crippen LogP contribution in [0.4, 0.5) is 4.39 Å². The number of nitrogens with zero attached hydrogens (tertiary/aromatic N) is 2. The van der Waals surface area contributed by atoms with Gasteiger partial charge in [0.25, 0.3) is 5.91 Å². The summed E-state index contributed by atoms with van der Waals surface area (Å²) in [6, 6.07) is 10.6. The minimum atomic E-state index is -3.88. The largest absolute Gasteiger partial charge is 0.316 e. The van der Waals surface area contributed by atoms with Gasteiger partial charge in [0.05, 0.1) is 15.1 Å². The first-order valence-corrected chi connectivity index (χ1v) is 11.9. The van der Waals surface area contributed by atoms with Crippen molar-refractivity contribution >= 4 is 37.3 Å². The minimum absolute atomic E-state index is 0.0956. The van der Waals surface area contributed by atoms with Crippen molar-refractivity contribution in [3.63, 3.8) is 0 Å². The summed E-state index contributed by atoms with van der Waals surface area (Å²) in [5, 5.41) is 0. The van der Waals surface area contributed by atoms with E-state index in [-0.39, 0.29) is 4.90 Å². The molecule has 0 unspecified atom stereocenters. The smallest absolute Gasteiger partial charge is 0.263 e. The number of fused-ring (bicyclic) bond motifs is 1. The monoisotopic (exact) mass is 434 g/mol. The molecular formula is C21H23FN2O3S2. The first kappa shape index (κ1) is 21.4. The second-order valence-corrected chi connectivity index (χ2v) is 10.1. The SMILES string of the molecule is CCCn1c(=NC(=O)CS(=O)(=O)c2ccc(F)cc2)sc2cc(C(C)C)ccc21. The summed E-state index contributed by atoms with van der Waals surface area (Å²) >= 11 is 1.38. The molecule has 1 amide bonds. The van der Waals surface area contributed by atoms with Crippen LogP contribution in [0.5, 0.6) is 0 Å². The van der Waals surface area contributed by atoms with E-state index >= 15 is 0 Å². The highest BCUT2D eigenvalue weighted by Crippen LogP contribution is 2.24. The van der Waals surface area contributed by atoms with E-state index in [1.807, 2.05) is 17.6 Å². The van der Waals surface area contributed by atoms with Gasteiger partial charge in [-0.05, 0) is 54.3 Å². The molecule has 0 aliphatic carbocycles. The number of amides is 1. The van der Waals surface area contributed by atoms with Crippen LogP contribution in [0.3, 0.4) is 0 Å². The zero-order valence-corrected chi connectivity index (χ0v) is 18.2. The Hall–Kier alpha value is -2.32. The number of thiazole rings is 1. The number of hydrogen-bond acceptors (Lipinski definition) is 4. The Labute approximate surface area is 173 Å². The average Bonchev–Trinajstić information content (AvgIpc) is 2.98. The summed E-state index contributed by atoms with van der Waals surface area (Å²) in [5.74, 6) is -1.65. The molecule has 1 heterocycles. The molecule has 0 saturated heterocycles. The Balaban J connectivity index is 1.98. The molecule has 0 radical (unpaired) electrons. The van der Waals surface area contributed by atoms with Crippen molar-refractivity contribution in [3.05, 3.63) is 58.6 Å². The van der Waals surface area contributed by atoms with Crippen LogP contribution in [-0.2, 0) is 21.2 Å². The molecule has 0 atom stereocenters. The van der Waals surface area contributed by atoms with Gasteiger partial charge in [0.2, 0.25) is 0 Å². The highest BCUT2D eigenvalue weighted by Gasteiger charge is 2.19. The molecule has 154 valence electrons. The fraction of sp³-hybridized carbons (Fsp3) is 0.333. The fourth-order valence-electron chi connectivity index (χ4n) is 3.00. The summed E-state index contributed by atoms with van der Waals surface area (Å²) < 4.78 is 40.9. The predicted octanol–water partition coefficient (Wildman–Crippen LogP) is 4.28. The maximum absolute atomic E-state index is 13.0. The number of rotatable bonds is 6. The van der Waals surface area contributed by atoms with Gasteiger partial charge in [0.1, 0.15) is 11.6 Å². The molecule has 8 heteroatoms. The van der Waals surface area contributed by atoms with Crippen LogP contribution >= 0.6 is 11.3 Å². The summed E-state index contributed by atoms with van der Waals surface area (Å²) in [5.41, 5.74) is 2.17. The molecule has 0 aliphatic heterocycles. The Morgan fingerprint density at radius 2 is 1.86 bits per heavy atom. The van der Waals surface area contributed by atoms with Gasteiger partial charge >= 0.3 is 0 Å². The maximum Gasteiger partial charge on any atom is 0.263 e. The van der Waals surface area contributed by atoms with Crippen molar-refractivity contribution < 1.29 is 17.6 Å². The minimum Gasteiger partial charge on any atom is -0.316 e. The van der Waals surface area contributed by atoms with E-state index in [0.29, 0.717) is 17.3 Å². The molecule has 3 rings (SSSR count). The Kier molecular flexibility index (Phi) is 6.33. The summed E-state index contributed by atoms with van der Waals surface area (Å²) in [4.78, 5) is 16.9. The van der Waals surface area contributed by atoms with E-state index in [1.165, 1.54) is 16.9 Å². The molecule has 0 bridgehead atoms. The zero-order chi connectivity index (χ0) is 21.2. The van der Waals surface area contributed by atoms with Crippen LogP contribution in [0.25, 0.3) is 10.2 Å². The van der Waals surface area contributed by atoms with E-state index in [2.05, 4.69) is 31.0 Å². The fourth-order valence-corrected chi connectivity index (χ4v) is 5.23. The number of halogens is 1. The van der Waals surface area contributed by atoms with Crippen molar-refractivity contribution in [2.24, 2.45) is 4.99 Å². The molecule has 0 N–H and O–H groups in total. The van der Waals surface area contributed by atoms with E-state index in [9.17, 15) is 17.6 Å². The lowest BCUT2D eigenvalue weighted by atomic mass is 10.0. The standard InChI is InChI=1S/C21H23FN2O3S2/c1-4-11-24-18-10-5-15(14(2)3)12-19(18)28-21(24)23-20(25)13-29(26,27)17-8-6-16(22)7-9-17/h5-10,12,14H,4,11,13H2,1-3H3. The molecule has 29 heavy (non-hydrogen) atoms. The third-order valence-corrected chi connectivity index (χ3v) is 7.19. The molecular weight excluding hydrogens is 411 g/mol. The molecule has 5 nitrogen and oxygen atoms in total. The van der Waals surface area contributed by atoms with Crippen LogP contribution in [0.15, 0.2) is 52.4 Å². The molecule has 1 aromatic heterocycles. The highest BCUT2D eigenvalue weighted by molar-refractivity contribution is 7.92. The zero-order valence-electron chi connectivity index (χ0n) is 16.6. The molecule has 0 spiro atoms. The van der Waals surface area contributed by atoms with Crippen LogP contribution in [0, 0.1) is 5.82 Å². The lowest BCUT2D eigenvalue weighted by Gasteiger charge is -2.06. The van der Waals surface area contributed by atoms with E-state index in [1.54, 1.807) is 0 Å². The Bertz CT molecular complexity index is 1210. The van der Waals surface area contributed by atoms with E-state index < -0.39 is 27.3 Å². The van der Waals surface area contributed by atoms with Crippen LogP contribution in [0.1, 0.15) is 38.7 Å². The van der Waals surface area contributed by atoms with Crippen LogP contribution < -0.4 is 4.80 Å². The first-order valence-electron chi connectivity index (χ1n) is 9.40. The average molecular weight is 435 g/mol. The number of aromatic nitrogens is 1. The topological polar surface area (TPSA) is 68.5 Å². The highest BCUT2D eigenvalue weighted by atomic mass is 32.2. The number of aryl methyl sites for hydroxylation is 1. The summed E-state index contributed by atoms with van der Waals surface area (Å²) in [6.45, 7) is 6.94. The van der Waals surface area contributed by atoms with Gasteiger partial charge in [-0.3, -0.25) is 4.79 Å².